The number of benzene rings is 1. The summed E-state index contributed by atoms with van der Waals surface area (Å²) in [6.45, 7) is 6.34. The van der Waals surface area contributed by atoms with E-state index in [0.717, 1.165) is 55.0 Å². The number of aromatic nitrogens is 3. The Morgan fingerprint density at radius 2 is 1.76 bits per heavy atom. The molecule has 1 N–H and O–H groups in total. The Balaban J connectivity index is 1.39. The first-order chi connectivity index (χ1) is 14.2. The summed E-state index contributed by atoms with van der Waals surface area (Å²) in [6, 6.07) is 14.2. The fourth-order valence-electron chi connectivity index (χ4n) is 3.44. The standard InChI is InChI=1S/C22H26N6O/c1-17-14-21(24-16-18-4-3-9-23-15-18)26-22(25-17)28-12-10-27(11-13-28)19-5-7-20(29-2)8-6-19/h3-9,14-15H,10-13,16H2,1-2H3,(H,24,25,26). The van der Waals surface area contributed by atoms with Gasteiger partial charge in [-0.25, -0.2) is 4.98 Å². The van der Waals surface area contributed by atoms with Gasteiger partial charge >= 0.3 is 0 Å². The van der Waals surface area contributed by atoms with E-state index in [9.17, 15) is 0 Å². The predicted octanol–water partition coefficient (Wildman–Crippen LogP) is 3.13. The van der Waals surface area contributed by atoms with Gasteiger partial charge in [-0.15, -0.1) is 0 Å². The smallest absolute Gasteiger partial charge is 0.227 e. The van der Waals surface area contributed by atoms with Crippen molar-refractivity contribution in [3.63, 3.8) is 0 Å². The number of rotatable bonds is 6. The van der Waals surface area contributed by atoms with Crippen LogP contribution >= 0.6 is 0 Å². The van der Waals surface area contributed by atoms with Crippen molar-refractivity contribution in [2.75, 3.05) is 48.4 Å². The molecule has 0 spiro atoms. The molecule has 29 heavy (non-hydrogen) atoms. The number of methoxy groups -OCH3 is 1. The summed E-state index contributed by atoms with van der Waals surface area (Å²) in [6.07, 6.45) is 3.64. The molecular formula is C22H26N6O. The van der Waals surface area contributed by atoms with Crippen molar-refractivity contribution < 1.29 is 4.74 Å². The van der Waals surface area contributed by atoms with E-state index in [1.807, 2.05) is 43.5 Å². The highest BCUT2D eigenvalue weighted by atomic mass is 16.5. The number of nitrogens with one attached hydrogen (secondary N) is 1. The molecule has 1 aliphatic rings. The second-order valence-electron chi connectivity index (χ2n) is 7.08. The predicted molar refractivity (Wildman–Crippen MR) is 116 cm³/mol. The molecule has 1 fully saturated rings. The van der Waals surface area contributed by atoms with Crippen LogP contribution in [-0.4, -0.2) is 48.2 Å². The third-order valence-corrected chi connectivity index (χ3v) is 5.04. The zero-order valence-corrected chi connectivity index (χ0v) is 16.9. The van der Waals surface area contributed by atoms with Crippen LogP contribution in [0.2, 0.25) is 0 Å². The molecule has 7 nitrogen and oxygen atoms in total. The zero-order valence-electron chi connectivity index (χ0n) is 16.9. The molecule has 3 heterocycles. The van der Waals surface area contributed by atoms with E-state index in [0.29, 0.717) is 6.54 Å². The summed E-state index contributed by atoms with van der Waals surface area (Å²) in [5.41, 5.74) is 3.30. The summed E-state index contributed by atoms with van der Waals surface area (Å²) in [5, 5.41) is 3.39. The van der Waals surface area contributed by atoms with Crippen molar-refractivity contribution in [1.82, 2.24) is 15.0 Å². The highest BCUT2D eigenvalue weighted by Gasteiger charge is 2.20. The molecule has 0 aliphatic carbocycles. The first-order valence-electron chi connectivity index (χ1n) is 9.84. The largest absolute Gasteiger partial charge is 0.497 e. The van der Waals surface area contributed by atoms with Crippen molar-refractivity contribution in [2.24, 2.45) is 0 Å². The van der Waals surface area contributed by atoms with Crippen LogP contribution in [0, 0.1) is 6.92 Å². The van der Waals surface area contributed by atoms with E-state index >= 15 is 0 Å². The fourth-order valence-corrected chi connectivity index (χ4v) is 3.44. The minimum Gasteiger partial charge on any atom is -0.497 e. The molecule has 1 aromatic carbocycles. The van der Waals surface area contributed by atoms with Crippen molar-refractivity contribution >= 4 is 17.5 Å². The first kappa shape index (κ1) is 19.0. The summed E-state index contributed by atoms with van der Waals surface area (Å²) in [5.74, 6) is 2.51. The molecule has 0 amide bonds. The molecule has 1 aliphatic heterocycles. The lowest BCUT2D eigenvalue weighted by molar-refractivity contribution is 0.415. The van der Waals surface area contributed by atoms with Crippen LogP contribution in [0.1, 0.15) is 11.3 Å². The molecule has 0 radical (unpaired) electrons. The fraction of sp³-hybridized carbons (Fsp3) is 0.318. The van der Waals surface area contributed by atoms with Crippen LogP contribution in [-0.2, 0) is 6.54 Å². The Morgan fingerprint density at radius 1 is 1.00 bits per heavy atom. The number of hydrogen-bond donors (Lipinski definition) is 1. The van der Waals surface area contributed by atoms with Crippen molar-refractivity contribution in [2.45, 2.75) is 13.5 Å². The van der Waals surface area contributed by atoms with Crippen LogP contribution < -0.4 is 19.9 Å². The van der Waals surface area contributed by atoms with E-state index in [1.165, 1.54) is 5.69 Å². The van der Waals surface area contributed by atoms with Gasteiger partial charge in [0.2, 0.25) is 5.95 Å². The third kappa shape index (κ3) is 4.74. The normalized spacial score (nSPS) is 14.0. The van der Waals surface area contributed by atoms with Gasteiger partial charge in [-0.1, -0.05) is 6.07 Å². The van der Waals surface area contributed by atoms with Crippen LogP contribution in [0.15, 0.2) is 54.9 Å². The Kier molecular flexibility index (Phi) is 5.74. The Labute approximate surface area is 171 Å². The quantitative estimate of drug-likeness (QED) is 0.694. The van der Waals surface area contributed by atoms with Crippen molar-refractivity contribution in [3.8, 4) is 5.75 Å². The van der Waals surface area contributed by atoms with Gasteiger partial charge in [0.15, 0.2) is 0 Å². The van der Waals surface area contributed by atoms with Crippen molar-refractivity contribution in [1.29, 1.82) is 0 Å². The maximum Gasteiger partial charge on any atom is 0.227 e. The molecule has 150 valence electrons. The number of hydrogen-bond acceptors (Lipinski definition) is 7. The van der Waals surface area contributed by atoms with E-state index < -0.39 is 0 Å². The second-order valence-corrected chi connectivity index (χ2v) is 7.08. The molecule has 2 aromatic heterocycles. The molecule has 0 atom stereocenters. The minimum absolute atomic E-state index is 0.689. The van der Waals surface area contributed by atoms with Gasteiger partial charge in [-0.2, -0.15) is 4.98 Å². The zero-order chi connectivity index (χ0) is 20.1. The molecule has 1 saturated heterocycles. The monoisotopic (exact) mass is 390 g/mol. The average molecular weight is 390 g/mol. The number of piperazine rings is 1. The summed E-state index contributed by atoms with van der Waals surface area (Å²) in [7, 11) is 1.69. The maximum absolute atomic E-state index is 5.25. The second kappa shape index (κ2) is 8.77. The van der Waals surface area contributed by atoms with Crippen LogP contribution in [0.3, 0.4) is 0 Å². The van der Waals surface area contributed by atoms with E-state index in [1.54, 1.807) is 13.3 Å². The highest BCUT2D eigenvalue weighted by molar-refractivity contribution is 5.51. The summed E-state index contributed by atoms with van der Waals surface area (Å²) < 4.78 is 5.25. The number of anilines is 3. The van der Waals surface area contributed by atoms with Crippen LogP contribution in [0.4, 0.5) is 17.5 Å². The highest BCUT2D eigenvalue weighted by Crippen LogP contribution is 2.22. The topological polar surface area (TPSA) is 66.4 Å². The van der Waals surface area contributed by atoms with Crippen LogP contribution in [0.5, 0.6) is 5.75 Å². The molecule has 4 rings (SSSR count). The van der Waals surface area contributed by atoms with Gasteiger partial charge in [0.05, 0.1) is 7.11 Å². The third-order valence-electron chi connectivity index (χ3n) is 5.04. The Morgan fingerprint density at radius 3 is 2.45 bits per heavy atom. The molecular weight excluding hydrogens is 364 g/mol. The van der Waals surface area contributed by atoms with Gasteiger partial charge in [0.25, 0.3) is 0 Å². The number of nitrogens with zero attached hydrogens (tertiary/aromatic N) is 5. The summed E-state index contributed by atoms with van der Waals surface area (Å²) in [4.78, 5) is 18.2. The maximum atomic E-state index is 5.25. The van der Waals surface area contributed by atoms with Gasteiger partial charge in [-0.05, 0) is 42.8 Å². The van der Waals surface area contributed by atoms with Crippen molar-refractivity contribution in [3.05, 3.63) is 66.1 Å². The molecule has 0 unspecified atom stereocenters. The average Bonchev–Trinajstić information content (AvgIpc) is 2.78. The van der Waals surface area contributed by atoms with E-state index in [4.69, 9.17) is 9.72 Å². The van der Waals surface area contributed by atoms with Crippen LogP contribution in [0.25, 0.3) is 0 Å². The molecule has 0 bridgehead atoms. The minimum atomic E-state index is 0.689. The first-order valence-corrected chi connectivity index (χ1v) is 9.84. The van der Waals surface area contributed by atoms with E-state index in [2.05, 4.69) is 37.2 Å². The number of ether oxygens (including phenoxy) is 1. The molecule has 3 aromatic rings. The van der Waals surface area contributed by atoms with Gasteiger partial charge in [0.1, 0.15) is 11.6 Å². The SMILES string of the molecule is COc1ccc(N2CCN(c3nc(C)cc(NCc4cccnc4)n3)CC2)cc1. The van der Waals surface area contributed by atoms with Gasteiger partial charge < -0.3 is 19.9 Å². The Hall–Kier alpha value is -3.35. The lowest BCUT2D eigenvalue weighted by Crippen LogP contribution is -2.47. The molecule has 7 heteroatoms. The lowest BCUT2D eigenvalue weighted by Gasteiger charge is -2.36. The number of aryl methyl sites for hydroxylation is 1. The van der Waals surface area contributed by atoms with Gasteiger partial charge in [0, 0.05) is 62.6 Å². The van der Waals surface area contributed by atoms with E-state index in [-0.39, 0.29) is 0 Å². The Bertz CT molecular complexity index is 924. The summed E-state index contributed by atoms with van der Waals surface area (Å²) >= 11 is 0. The lowest BCUT2D eigenvalue weighted by atomic mass is 10.2. The number of pyridine rings is 1. The van der Waals surface area contributed by atoms with Gasteiger partial charge in [-0.3, -0.25) is 4.98 Å². The molecule has 0 saturated carbocycles.